The fourth-order valence-corrected chi connectivity index (χ4v) is 2.69. The minimum atomic E-state index is -0.178. The van der Waals surface area contributed by atoms with Crippen molar-refractivity contribution in [3.63, 3.8) is 0 Å². The summed E-state index contributed by atoms with van der Waals surface area (Å²) in [6.45, 7) is 1.48. The Hall–Kier alpha value is -2.74. The van der Waals surface area contributed by atoms with Gasteiger partial charge in [-0.3, -0.25) is 9.89 Å². The van der Waals surface area contributed by atoms with E-state index in [1.807, 2.05) is 6.07 Å². The molecule has 1 aliphatic rings. The number of H-pyrrole nitrogens is 1. The van der Waals surface area contributed by atoms with E-state index >= 15 is 0 Å². The quantitative estimate of drug-likeness (QED) is 0.751. The maximum Gasteiger partial charge on any atom is 0.260 e. The first-order valence-corrected chi connectivity index (χ1v) is 7.01. The summed E-state index contributed by atoms with van der Waals surface area (Å²) in [5, 5.41) is 11.0. The van der Waals surface area contributed by atoms with Crippen LogP contribution in [-0.4, -0.2) is 55.4 Å². The second-order valence-electron chi connectivity index (χ2n) is 5.05. The third-order valence-electron chi connectivity index (χ3n) is 3.78. The summed E-state index contributed by atoms with van der Waals surface area (Å²) in [6.07, 6.45) is 6.65. The predicted octanol–water partition coefficient (Wildman–Crippen LogP) is 0.666. The van der Waals surface area contributed by atoms with Crippen LogP contribution in [0.4, 0.5) is 0 Å². The summed E-state index contributed by atoms with van der Waals surface area (Å²) in [7, 11) is 0. The van der Waals surface area contributed by atoms with Crippen molar-refractivity contribution in [2.24, 2.45) is 0 Å². The minimum absolute atomic E-state index is 0.100. The van der Waals surface area contributed by atoms with Gasteiger partial charge in [-0.15, -0.1) is 0 Å². The molecule has 0 aliphatic carbocycles. The molecule has 1 saturated heterocycles. The molecule has 3 aromatic rings. The maximum absolute atomic E-state index is 12.9. The Morgan fingerprint density at radius 1 is 1.41 bits per heavy atom. The minimum Gasteiger partial charge on any atom is -0.377 e. The van der Waals surface area contributed by atoms with Crippen molar-refractivity contribution in [1.29, 1.82) is 0 Å². The topological polar surface area (TPSA) is 88.4 Å². The van der Waals surface area contributed by atoms with Crippen molar-refractivity contribution >= 4 is 11.6 Å². The van der Waals surface area contributed by atoms with E-state index in [0.717, 1.165) is 5.69 Å². The summed E-state index contributed by atoms with van der Waals surface area (Å²) in [6, 6.07) is 3.45. The lowest BCUT2D eigenvalue weighted by Crippen LogP contribution is -2.43. The molecule has 22 heavy (non-hydrogen) atoms. The van der Waals surface area contributed by atoms with E-state index in [0.29, 0.717) is 31.0 Å². The van der Waals surface area contributed by atoms with Gasteiger partial charge in [-0.25, -0.2) is 9.50 Å². The van der Waals surface area contributed by atoms with Crippen molar-refractivity contribution in [2.75, 3.05) is 19.8 Å². The van der Waals surface area contributed by atoms with Crippen LogP contribution in [-0.2, 0) is 4.74 Å². The highest BCUT2D eigenvalue weighted by Gasteiger charge is 2.31. The highest BCUT2D eigenvalue weighted by atomic mass is 16.5. The molecule has 112 valence electrons. The van der Waals surface area contributed by atoms with Crippen LogP contribution < -0.4 is 0 Å². The molecule has 0 bridgehead atoms. The van der Waals surface area contributed by atoms with Gasteiger partial charge < -0.3 is 9.64 Å². The smallest absolute Gasteiger partial charge is 0.260 e. The summed E-state index contributed by atoms with van der Waals surface area (Å²) in [4.78, 5) is 19.0. The Bertz CT molecular complexity index is 797. The molecular formula is C14H14N6O2. The van der Waals surface area contributed by atoms with Gasteiger partial charge in [0.05, 0.1) is 31.1 Å². The van der Waals surface area contributed by atoms with Crippen LogP contribution in [0, 0.1) is 0 Å². The number of ether oxygens (including phenoxy) is 1. The van der Waals surface area contributed by atoms with E-state index in [4.69, 9.17) is 4.74 Å². The molecule has 4 heterocycles. The number of hydrogen-bond donors (Lipinski definition) is 1. The number of nitrogens with zero attached hydrogens (tertiary/aromatic N) is 5. The molecule has 1 amide bonds. The molecule has 0 saturated carbocycles. The Kier molecular flexibility index (Phi) is 3.08. The molecule has 0 aromatic carbocycles. The fourth-order valence-electron chi connectivity index (χ4n) is 2.69. The number of carbonyl (C=O) groups excluding carboxylic acids is 1. The zero-order valence-corrected chi connectivity index (χ0v) is 11.7. The highest BCUT2D eigenvalue weighted by molar-refractivity contribution is 5.99. The number of aromatic amines is 1. The molecule has 1 N–H and O–H groups in total. The van der Waals surface area contributed by atoms with Crippen molar-refractivity contribution in [1.82, 2.24) is 29.7 Å². The molecule has 0 radical (unpaired) electrons. The van der Waals surface area contributed by atoms with Crippen LogP contribution in [0.5, 0.6) is 0 Å². The number of aromatic nitrogens is 5. The lowest BCUT2D eigenvalue weighted by molar-refractivity contribution is -0.00382. The summed E-state index contributed by atoms with van der Waals surface area (Å²) in [5.74, 6) is -0.100. The number of nitrogens with one attached hydrogen (secondary N) is 1. The molecule has 3 aromatic heterocycles. The number of rotatable bonds is 2. The second-order valence-corrected chi connectivity index (χ2v) is 5.05. The molecular weight excluding hydrogens is 284 g/mol. The first kappa shape index (κ1) is 13.0. The first-order valence-electron chi connectivity index (χ1n) is 7.01. The highest BCUT2D eigenvalue weighted by Crippen LogP contribution is 2.25. The Labute approximate surface area is 125 Å². The van der Waals surface area contributed by atoms with Crippen LogP contribution in [0.2, 0.25) is 0 Å². The lowest BCUT2D eigenvalue weighted by Gasteiger charge is -2.34. The van der Waals surface area contributed by atoms with E-state index in [1.165, 1.54) is 0 Å². The Balaban J connectivity index is 1.71. The van der Waals surface area contributed by atoms with Gasteiger partial charge in [0.1, 0.15) is 5.56 Å². The van der Waals surface area contributed by atoms with Crippen molar-refractivity contribution in [3.05, 3.63) is 48.2 Å². The average molecular weight is 298 g/mol. The van der Waals surface area contributed by atoms with E-state index in [2.05, 4.69) is 20.3 Å². The van der Waals surface area contributed by atoms with Crippen LogP contribution in [0.3, 0.4) is 0 Å². The van der Waals surface area contributed by atoms with Crippen LogP contribution in [0.25, 0.3) is 5.65 Å². The number of morpholine rings is 1. The van der Waals surface area contributed by atoms with Gasteiger partial charge in [0.15, 0.2) is 5.65 Å². The molecule has 0 spiro atoms. The predicted molar refractivity (Wildman–Crippen MR) is 76.2 cm³/mol. The molecule has 1 aliphatic heterocycles. The molecule has 8 heteroatoms. The number of hydrogen-bond acceptors (Lipinski definition) is 5. The largest absolute Gasteiger partial charge is 0.377 e. The SMILES string of the molecule is O=C(c1cnn2cccnc12)N1CCOC[C@H]1c1ccn[nH]1. The van der Waals surface area contributed by atoms with Gasteiger partial charge in [0.2, 0.25) is 0 Å². The van der Waals surface area contributed by atoms with Crippen molar-refractivity contribution in [2.45, 2.75) is 6.04 Å². The molecule has 1 atom stereocenters. The average Bonchev–Trinajstić information content (AvgIpc) is 3.24. The van der Waals surface area contributed by atoms with E-state index in [1.54, 1.807) is 40.3 Å². The van der Waals surface area contributed by atoms with Crippen LogP contribution in [0.1, 0.15) is 22.1 Å². The number of amides is 1. The normalized spacial score (nSPS) is 18.7. The van der Waals surface area contributed by atoms with E-state index in [-0.39, 0.29) is 11.9 Å². The van der Waals surface area contributed by atoms with Gasteiger partial charge >= 0.3 is 0 Å². The van der Waals surface area contributed by atoms with Crippen molar-refractivity contribution < 1.29 is 9.53 Å². The maximum atomic E-state index is 12.9. The number of carbonyl (C=O) groups is 1. The molecule has 0 unspecified atom stereocenters. The zero-order chi connectivity index (χ0) is 14.9. The monoisotopic (exact) mass is 298 g/mol. The van der Waals surface area contributed by atoms with Crippen molar-refractivity contribution in [3.8, 4) is 0 Å². The van der Waals surface area contributed by atoms with E-state index in [9.17, 15) is 4.79 Å². The first-order chi connectivity index (χ1) is 10.8. The summed E-state index contributed by atoms with van der Waals surface area (Å²) >= 11 is 0. The standard InChI is InChI=1S/C14H14N6O2/c21-14(10-8-17-20-5-1-3-15-13(10)20)19-6-7-22-9-12(19)11-2-4-16-18-11/h1-5,8,12H,6-7,9H2,(H,16,18)/t12-/m0/s1. The van der Waals surface area contributed by atoms with Gasteiger partial charge in [-0.05, 0) is 12.1 Å². The van der Waals surface area contributed by atoms with Gasteiger partial charge in [-0.1, -0.05) is 0 Å². The van der Waals surface area contributed by atoms with E-state index < -0.39 is 0 Å². The third-order valence-corrected chi connectivity index (χ3v) is 3.78. The van der Waals surface area contributed by atoms with Crippen LogP contribution >= 0.6 is 0 Å². The molecule has 4 rings (SSSR count). The fraction of sp³-hybridized carbons (Fsp3) is 0.286. The third kappa shape index (κ3) is 2.04. The van der Waals surface area contributed by atoms with Crippen LogP contribution in [0.15, 0.2) is 36.9 Å². The van der Waals surface area contributed by atoms with Gasteiger partial charge in [-0.2, -0.15) is 10.2 Å². The summed E-state index contributed by atoms with van der Waals surface area (Å²) in [5.41, 5.74) is 1.91. The molecule has 8 nitrogen and oxygen atoms in total. The molecule has 1 fully saturated rings. The van der Waals surface area contributed by atoms with Gasteiger partial charge in [0, 0.05) is 25.1 Å². The second kappa shape index (κ2) is 5.23. The summed E-state index contributed by atoms with van der Waals surface area (Å²) < 4.78 is 7.11. The van der Waals surface area contributed by atoms with Gasteiger partial charge in [0.25, 0.3) is 5.91 Å². The Morgan fingerprint density at radius 3 is 3.23 bits per heavy atom. The lowest BCUT2D eigenvalue weighted by atomic mass is 10.1. The zero-order valence-electron chi connectivity index (χ0n) is 11.7. The Morgan fingerprint density at radius 2 is 2.36 bits per heavy atom. The number of fused-ring (bicyclic) bond motifs is 1.